The van der Waals surface area contributed by atoms with Gasteiger partial charge < -0.3 is 9.47 Å². The summed E-state index contributed by atoms with van der Waals surface area (Å²) in [4.78, 5) is 16.3. The number of oxime groups is 1. The van der Waals surface area contributed by atoms with Crippen molar-refractivity contribution in [1.29, 1.82) is 0 Å². The summed E-state index contributed by atoms with van der Waals surface area (Å²) in [6.45, 7) is 1.38. The second-order valence-corrected chi connectivity index (χ2v) is 8.45. The smallest absolute Gasteiger partial charge is 0.471 e. The largest absolute Gasteiger partial charge is 0.482 e. The Balaban J connectivity index is 1.62. The van der Waals surface area contributed by atoms with Crippen LogP contribution in [0.5, 0.6) is 5.75 Å². The summed E-state index contributed by atoms with van der Waals surface area (Å²) in [5.41, 5.74) is -4.55. The number of benzene rings is 3. The molecule has 0 aliphatic rings. The SMILES string of the molecule is Cc1ccc(C(OC(=O)COc2ccc(C(=NOOOSC(F)(F)F)C(F)(F)F)cc2)c2ccccc2)cc1. The molecule has 0 amide bonds. The molecule has 0 saturated carbocycles. The van der Waals surface area contributed by atoms with Crippen LogP contribution in [0.4, 0.5) is 26.3 Å². The number of aryl methyl sites for hydroxylation is 1. The zero-order valence-corrected chi connectivity index (χ0v) is 20.7. The third-order valence-electron chi connectivity index (χ3n) is 4.80. The number of hydrogen-bond donors (Lipinski definition) is 0. The van der Waals surface area contributed by atoms with Gasteiger partial charge in [-0.3, -0.25) is 0 Å². The minimum Gasteiger partial charge on any atom is -0.482 e. The fourth-order valence-electron chi connectivity index (χ4n) is 3.10. The molecular weight excluding hydrogens is 556 g/mol. The highest BCUT2D eigenvalue weighted by Crippen LogP contribution is 2.31. The number of carbonyl (C=O) groups excluding carboxylic acids is 1. The lowest BCUT2D eigenvalue weighted by molar-refractivity contribution is -0.464. The van der Waals surface area contributed by atoms with Crippen LogP contribution in [0.15, 0.2) is 84.0 Å². The van der Waals surface area contributed by atoms with E-state index in [2.05, 4.69) is 19.5 Å². The fraction of sp³-hybridized carbons (Fsp3) is 0.200. The summed E-state index contributed by atoms with van der Waals surface area (Å²) in [7, 11) is 0. The highest BCUT2D eigenvalue weighted by atomic mass is 32.2. The van der Waals surface area contributed by atoms with Gasteiger partial charge in [-0.1, -0.05) is 60.2 Å². The Bertz CT molecular complexity index is 1240. The number of rotatable bonds is 11. The quantitative estimate of drug-likeness (QED) is 0.0463. The lowest BCUT2D eigenvalue weighted by Gasteiger charge is -2.19. The zero-order valence-electron chi connectivity index (χ0n) is 19.9. The van der Waals surface area contributed by atoms with E-state index in [1.807, 2.05) is 37.3 Å². The Morgan fingerprint density at radius 1 is 0.872 bits per heavy atom. The monoisotopic (exact) mass is 575 g/mol. The average Bonchev–Trinajstić information content (AvgIpc) is 2.88. The molecule has 14 heteroatoms. The van der Waals surface area contributed by atoms with Crippen molar-refractivity contribution >= 4 is 23.7 Å². The van der Waals surface area contributed by atoms with Crippen LogP contribution >= 0.6 is 12.0 Å². The molecule has 0 N–H and O–H groups in total. The molecule has 0 aliphatic carbocycles. The van der Waals surface area contributed by atoms with E-state index < -0.39 is 53.7 Å². The molecule has 3 aromatic rings. The van der Waals surface area contributed by atoms with Crippen molar-refractivity contribution in [1.82, 2.24) is 0 Å². The number of alkyl halides is 6. The van der Waals surface area contributed by atoms with Crippen LogP contribution in [0.3, 0.4) is 0 Å². The summed E-state index contributed by atoms with van der Waals surface area (Å²) in [5, 5.41) is 6.16. The van der Waals surface area contributed by atoms with Crippen LogP contribution in [0.25, 0.3) is 0 Å². The van der Waals surface area contributed by atoms with Crippen LogP contribution in [-0.4, -0.2) is 30.0 Å². The Morgan fingerprint density at radius 2 is 1.49 bits per heavy atom. The van der Waals surface area contributed by atoms with E-state index in [9.17, 15) is 31.1 Å². The van der Waals surface area contributed by atoms with Gasteiger partial charge in [-0.25, -0.2) is 4.79 Å². The minimum atomic E-state index is -5.06. The van der Waals surface area contributed by atoms with Crippen molar-refractivity contribution in [3.63, 3.8) is 0 Å². The molecule has 3 rings (SSSR count). The number of halogens is 6. The van der Waals surface area contributed by atoms with Crippen LogP contribution < -0.4 is 4.74 Å². The summed E-state index contributed by atoms with van der Waals surface area (Å²) in [6, 6.07) is 20.6. The molecule has 0 heterocycles. The van der Waals surface area contributed by atoms with Crippen molar-refractivity contribution < 1.29 is 55.0 Å². The summed E-state index contributed by atoms with van der Waals surface area (Å²) in [5.74, 6) is -0.695. The molecule has 0 aliphatic heterocycles. The van der Waals surface area contributed by atoms with E-state index in [-0.39, 0.29) is 5.75 Å². The molecular formula is C25H19F6NO6S. The molecule has 0 radical (unpaired) electrons. The van der Waals surface area contributed by atoms with Gasteiger partial charge in [0.2, 0.25) is 0 Å². The predicted molar refractivity (Wildman–Crippen MR) is 127 cm³/mol. The molecule has 0 aromatic heterocycles. The predicted octanol–water partition coefficient (Wildman–Crippen LogP) is 7.02. The van der Waals surface area contributed by atoms with Gasteiger partial charge in [-0.15, -0.1) is 4.33 Å². The van der Waals surface area contributed by atoms with E-state index in [0.29, 0.717) is 0 Å². The third-order valence-corrected chi connectivity index (χ3v) is 5.11. The standard InChI is InChI=1S/C25H19F6NO6S/c1-16-7-9-18(10-8-16)22(17-5-3-2-4-6-17)35-21(33)15-34-20-13-11-19(12-14-20)23(24(26,27)28)32-36-37-38-39-25(29,30)31/h2-14,22H,15H2,1H3. The van der Waals surface area contributed by atoms with E-state index in [0.717, 1.165) is 41.0 Å². The molecule has 0 bridgehead atoms. The minimum absolute atomic E-state index is 0.0332. The van der Waals surface area contributed by atoms with Crippen LogP contribution in [0, 0.1) is 6.92 Å². The van der Waals surface area contributed by atoms with Gasteiger partial charge in [0.05, 0.1) is 0 Å². The van der Waals surface area contributed by atoms with Gasteiger partial charge in [0.1, 0.15) is 17.8 Å². The van der Waals surface area contributed by atoms with Gasteiger partial charge >= 0.3 is 17.7 Å². The van der Waals surface area contributed by atoms with Gasteiger partial charge in [0.25, 0.3) is 0 Å². The molecule has 0 saturated heterocycles. The Hall–Kier alpha value is -3.75. The molecule has 1 unspecified atom stereocenters. The van der Waals surface area contributed by atoms with Crippen molar-refractivity contribution in [3.8, 4) is 5.75 Å². The van der Waals surface area contributed by atoms with Crippen molar-refractivity contribution in [2.24, 2.45) is 5.16 Å². The van der Waals surface area contributed by atoms with Crippen LogP contribution in [0.2, 0.25) is 0 Å². The number of ether oxygens (including phenoxy) is 2. The van der Waals surface area contributed by atoms with Gasteiger partial charge in [-0.05, 0) is 47.5 Å². The number of hydrogen-bond acceptors (Lipinski definition) is 8. The van der Waals surface area contributed by atoms with Crippen LogP contribution in [0.1, 0.15) is 28.4 Å². The molecule has 0 spiro atoms. The van der Waals surface area contributed by atoms with E-state index >= 15 is 0 Å². The highest BCUT2D eigenvalue weighted by Gasteiger charge is 2.38. The maximum atomic E-state index is 13.3. The summed E-state index contributed by atoms with van der Waals surface area (Å²) in [6.07, 6.45) is -5.77. The third kappa shape index (κ3) is 9.81. The lowest BCUT2D eigenvalue weighted by atomic mass is 10.0. The van der Waals surface area contributed by atoms with E-state index in [1.165, 1.54) is 0 Å². The molecule has 39 heavy (non-hydrogen) atoms. The van der Waals surface area contributed by atoms with Gasteiger partial charge in [0, 0.05) is 10.6 Å². The van der Waals surface area contributed by atoms with E-state index in [4.69, 9.17) is 9.47 Å². The lowest BCUT2D eigenvalue weighted by Crippen LogP contribution is -2.24. The molecule has 7 nitrogen and oxygen atoms in total. The first kappa shape index (κ1) is 29.8. The summed E-state index contributed by atoms with van der Waals surface area (Å²) >= 11 is -1.15. The molecule has 1 atom stereocenters. The number of carbonyl (C=O) groups is 1. The summed E-state index contributed by atoms with van der Waals surface area (Å²) < 4.78 is 90.1. The maximum Gasteiger partial charge on any atom is 0.471 e. The van der Waals surface area contributed by atoms with Crippen molar-refractivity contribution in [2.75, 3.05) is 6.61 Å². The first-order valence-electron chi connectivity index (χ1n) is 10.9. The average molecular weight is 575 g/mol. The van der Waals surface area contributed by atoms with Crippen LogP contribution in [-0.2, 0) is 23.9 Å². The zero-order chi connectivity index (χ0) is 28.5. The topological polar surface area (TPSA) is 75.6 Å². The normalized spacial score (nSPS) is 13.1. The molecule has 3 aromatic carbocycles. The fourth-order valence-corrected chi connectivity index (χ4v) is 3.23. The second kappa shape index (κ2) is 13.4. The maximum absolute atomic E-state index is 13.3. The highest BCUT2D eigenvalue weighted by molar-refractivity contribution is 7.95. The Kier molecular flexibility index (Phi) is 10.2. The molecule has 0 fully saturated rings. The first-order chi connectivity index (χ1) is 18.4. The van der Waals surface area contributed by atoms with Gasteiger partial charge in [-0.2, -0.15) is 31.3 Å². The first-order valence-corrected chi connectivity index (χ1v) is 11.6. The number of esters is 1. The molecule has 208 valence electrons. The van der Waals surface area contributed by atoms with Gasteiger partial charge in [0.15, 0.2) is 18.4 Å². The van der Waals surface area contributed by atoms with Crippen molar-refractivity contribution in [3.05, 3.63) is 101 Å². The Morgan fingerprint density at radius 3 is 2.08 bits per heavy atom. The van der Waals surface area contributed by atoms with E-state index in [1.54, 1.807) is 24.3 Å². The Labute approximate surface area is 222 Å². The van der Waals surface area contributed by atoms with Crippen molar-refractivity contribution in [2.45, 2.75) is 24.7 Å². The second-order valence-electron chi connectivity index (χ2n) is 7.68. The number of nitrogens with zero attached hydrogens (tertiary/aromatic N) is 1.